The van der Waals surface area contributed by atoms with Gasteiger partial charge in [-0.25, -0.2) is 4.79 Å². The van der Waals surface area contributed by atoms with Crippen LogP contribution in [-0.2, 0) is 10.9 Å². The molecule has 2 fully saturated rings. The molecule has 1 atom stereocenters. The van der Waals surface area contributed by atoms with Gasteiger partial charge in [0.05, 0.1) is 25.0 Å². The molecular formula is C17H21F3N2O3. The van der Waals surface area contributed by atoms with Crippen molar-refractivity contribution in [3.8, 4) is 5.75 Å². The number of hydrogen-bond acceptors (Lipinski definition) is 3. The van der Waals surface area contributed by atoms with Crippen molar-refractivity contribution >= 4 is 11.7 Å². The number of benzene rings is 1. The molecule has 8 heteroatoms. The first-order chi connectivity index (χ1) is 11.9. The fourth-order valence-corrected chi connectivity index (χ4v) is 2.97. The summed E-state index contributed by atoms with van der Waals surface area (Å²) in [5.41, 5.74) is -1.17. The molecule has 1 aliphatic heterocycles. The van der Waals surface area contributed by atoms with E-state index in [9.17, 15) is 18.0 Å². The Kier molecular flexibility index (Phi) is 5.08. The molecule has 0 radical (unpaired) electrons. The van der Waals surface area contributed by atoms with Gasteiger partial charge in [0, 0.05) is 25.1 Å². The van der Waals surface area contributed by atoms with E-state index in [0.717, 1.165) is 25.3 Å². The Hall–Kier alpha value is -1.96. The number of hydrogen-bond donors (Lipinski definition) is 1. The summed E-state index contributed by atoms with van der Waals surface area (Å²) in [6, 6.07) is 3.13. The summed E-state index contributed by atoms with van der Waals surface area (Å²) in [5, 5.41) is 2.43. The van der Waals surface area contributed by atoms with E-state index in [-0.39, 0.29) is 23.4 Å². The van der Waals surface area contributed by atoms with Crippen molar-refractivity contribution in [2.75, 3.05) is 32.2 Å². The van der Waals surface area contributed by atoms with Crippen LogP contribution in [0.3, 0.4) is 0 Å². The number of anilines is 1. The first-order valence-electron chi connectivity index (χ1n) is 8.29. The molecular weight excluding hydrogens is 337 g/mol. The first kappa shape index (κ1) is 17.8. The molecule has 2 aliphatic rings. The summed E-state index contributed by atoms with van der Waals surface area (Å²) >= 11 is 0. The predicted molar refractivity (Wildman–Crippen MR) is 85.7 cm³/mol. The zero-order valence-corrected chi connectivity index (χ0v) is 13.9. The quantitative estimate of drug-likeness (QED) is 0.872. The number of ether oxygens (including phenoxy) is 2. The fraction of sp³-hybridized carbons (Fsp3) is 0.588. The van der Waals surface area contributed by atoms with E-state index in [1.807, 2.05) is 0 Å². The number of amides is 2. The highest BCUT2D eigenvalue weighted by molar-refractivity contribution is 5.91. The fourth-order valence-electron chi connectivity index (χ4n) is 2.97. The van der Waals surface area contributed by atoms with E-state index in [1.54, 1.807) is 4.90 Å². The number of alkyl halides is 3. The summed E-state index contributed by atoms with van der Waals surface area (Å²) in [6.45, 7) is 1.77. The predicted octanol–water partition coefficient (Wildman–Crippen LogP) is 3.75. The number of nitrogens with zero attached hydrogens (tertiary/aromatic N) is 1. The van der Waals surface area contributed by atoms with Gasteiger partial charge in [0.1, 0.15) is 5.75 Å². The van der Waals surface area contributed by atoms with Gasteiger partial charge in [0.15, 0.2) is 0 Å². The lowest BCUT2D eigenvalue weighted by Gasteiger charge is -2.26. The Balaban J connectivity index is 1.76. The highest BCUT2D eigenvalue weighted by Crippen LogP contribution is 2.38. The highest BCUT2D eigenvalue weighted by atomic mass is 19.4. The third-order valence-electron chi connectivity index (χ3n) is 4.50. The van der Waals surface area contributed by atoms with Crippen molar-refractivity contribution in [3.05, 3.63) is 23.8 Å². The number of carbonyl (C=O) groups is 1. The lowest BCUT2D eigenvalue weighted by Crippen LogP contribution is -2.40. The highest BCUT2D eigenvalue weighted by Gasteiger charge is 2.37. The van der Waals surface area contributed by atoms with Crippen LogP contribution in [0.25, 0.3) is 0 Å². The van der Waals surface area contributed by atoms with Gasteiger partial charge in [-0.15, -0.1) is 0 Å². The molecule has 1 heterocycles. The zero-order chi connectivity index (χ0) is 18.0. The van der Waals surface area contributed by atoms with Gasteiger partial charge in [0.25, 0.3) is 0 Å². The maximum atomic E-state index is 13.3. The molecule has 1 saturated carbocycles. The molecule has 138 valence electrons. The molecule has 0 unspecified atom stereocenters. The number of carbonyl (C=O) groups excluding carboxylic acids is 1. The summed E-state index contributed by atoms with van der Waals surface area (Å²) < 4.78 is 50.0. The van der Waals surface area contributed by atoms with Gasteiger partial charge < -0.3 is 19.7 Å². The summed E-state index contributed by atoms with van der Waals surface area (Å²) in [4.78, 5) is 14.2. The van der Waals surface area contributed by atoms with Crippen molar-refractivity contribution in [3.63, 3.8) is 0 Å². The minimum atomic E-state index is -4.58. The molecule has 5 nitrogen and oxygen atoms in total. The van der Waals surface area contributed by atoms with Crippen LogP contribution >= 0.6 is 0 Å². The molecule has 1 aromatic carbocycles. The van der Waals surface area contributed by atoms with Gasteiger partial charge in [0.2, 0.25) is 0 Å². The van der Waals surface area contributed by atoms with Crippen LogP contribution in [0.5, 0.6) is 5.75 Å². The lowest BCUT2D eigenvalue weighted by atomic mass is 10.1. The van der Waals surface area contributed by atoms with Crippen LogP contribution in [0, 0.1) is 5.92 Å². The standard InChI is InChI=1S/C17H21F3N2O3/c1-24-13-4-5-15(14(8-13)17(18,19)20)21-16(23)22(12-2-3-12)9-11-6-7-25-10-11/h4-5,8,11-12H,2-3,6-7,9-10H2,1H3,(H,21,23)/t11-/m0/s1. The van der Waals surface area contributed by atoms with Crippen LogP contribution in [-0.4, -0.2) is 43.8 Å². The number of methoxy groups -OCH3 is 1. The van der Waals surface area contributed by atoms with E-state index in [0.29, 0.717) is 19.8 Å². The first-order valence-corrected chi connectivity index (χ1v) is 8.29. The molecule has 0 spiro atoms. The van der Waals surface area contributed by atoms with Crippen molar-refractivity contribution in [2.24, 2.45) is 5.92 Å². The molecule has 2 amide bonds. The molecule has 0 aromatic heterocycles. The maximum absolute atomic E-state index is 13.3. The second kappa shape index (κ2) is 7.11. The Morgan fingerprint density at radius 2 is 2.12 bits per heavy atom. The second-order valence-electron chi connectivity index (χ2n) is 6.45. The molecule has 1 aliphatic carbocycles. The summed E-state index contributed by atoms with van der Waals surface area (Å²) in [5.74, 6) is 0.330. The lowest BCUT2D eigenvalue weighted by molar-refractivity contribution is -0.137. The third kappa shape index (κ3) is 4.36. The number of urea groups is 1. The van der Waals surface area contributed by atoms with Crippen LogP contribution in [0.15, 0.2) is 18.2 Å². The summed E-state index contributed by atoms with van der Waals surface area (Å²) in [7, 11) is 1.30. The van der Waals surface area contributed by atoms with E-state index in [2.05, 4.69) is 5.32 Å². The minimum absolute atomic E-state index is 0.0903. The Bertz CT molecular complexity index is 626. The van der Waals surface area contributed by atoms with Crippen molar-refractivity contribution < 1.29 is 27.4 Å². The molecule has 1 aromatic rings. The number of nitrogens with one attached hydrogen (secondary N) is 1. The number of rotatable bonds is 5. The van der Waals surface area contributed by atoms with E-state index in [4.69, 9.17) is 9.47 Å². The average molecular weight is 358 g/mol. The van der Waals surface area contributed by atoms with Crippen LogP contribution in [0.4, 0.5) is 23.7 Å². The normalized spacial score (nSPS) is 20.4. The largest absolute Gasteiger partial charge is 0.497 e. The van der Waals surface area contributed by atoms with Gasteiger partial charge in [-0.1, -0.05) is 0 Å². The molecule has 1 saturated heterocycles. The van der Waals surface area contributed by atoms with Crippen LogP contribution in [0.1, 0.15) is 24.8 Å². The third-order valence-corrected chi connectivity index (χ3v) is 4.50. The molecule has 0 bridgehead atoms. The SMILES string of the molecule is COc1ccc(NC(=O)N(C[C@@H]2CCOC2)C2CC2)c(C(F)(F)F)c1. The van der Waals surface area contributed by atoms with E-state index in [1.165, 1.54) is 19.2 Å². The van der Waals surface area contributed by atoms with Crippen molar-refractivity contribution in [1.82, 2.24) is 4.90 Å². The average Bonchev–Trinajstić information content (AvgIpc) is 3.27. The van der Waals surface area contributed by atoms with Crippen molar-refractivity contribution in [2.45, 2.75) is 31.5 Å². The van der Waals surface area contributed by atoms with Crippen LogP contribution in [0.2, 0.25) is 0 Å². The van der Waals surface area contributed by atoms with Gasteiger partial charge >= 0.3 is 12.2 Å². The second-order valence-corrected chi connectivity index (χ2v) is 6.45. The maximum Gasteiger partial charge on any atom is 0.418 e. The molecule has 3 rings (SSSR count). The Labute approximate surface area is 144 Å². The topological polar surface area (TPSA) is 50.8 Å². The van der Waals surface area contributed by atoms with Gasteiger partial charge in [-0.05, 0) is 37.5 Å². The van der Waals surface area contributed by atoms with Crippen molar-refractivity contribution in [1.29, 1.82) is 0 Å². The van der Waals surface area contributed by atoms with Crippen LogP contribution < -0.4 is 10.1 Å². The smallest absolute Gasteiger partial charge is 0.418 e. The van der Waals surface area contributed by atoms with E-state index < -0.39 is 17.8 Å². The summed E-state index contributed by atoms with van der Waals surface area (Å²) in [6.07, 6.45) is -1.95. The molecule has 25 heavy (non-hydrogen) atoms. The number of halogens is 3. The molecule has 1 N–H and O–H groups in total. The minimum Gasteiger partial charge on any atom is -0.497 e. The monoisotopic (exact) mass is 358 g/mol. The zero-order valence-electron chi connectivity index (χ0n) is 13.9. The van der Waals surface area contributed by atoms with Gasteiger partial charge in [-0.3, -0.25) is 0 Å². The van der Waals surface area contributed by atoms with E-state index >= 15 is 0 Å². The Morgan fingerprint density at radius 3 is 2.68 bits per heavy atom. The Morgan fingerprint density at radius 1 is 1.36 bits per heavy atom. The van der Waals surface area contributed by atoms with Gasteiger partial charge in [-0.2, -0.15) is 13.2 Å².